The molecule has 1 nitrogen and oxygen atoms in total. The zero-order chi connectivity index (χ0) is 17.4. The molecule has 132 valence electrons. The molecule has 2 heteroatoms. The Balaban J connectivity index is 1.89. The van der Waals surface area contributed by atoms with Gasteiger partial charge in [-0.15, -0.1) is 9.24 Å². The van der Waals surface area contributed by atoms with E-state index in [1.807, 2.05) is 0 Å². The van der Waals surface area contributed by atoms with Gasteiger partial charge in [-0.25, -0.2) is 0 Å². The Hall–Kier alpha value is -1.07. The first-order chi connectivity index (χ1) is 11.7. The van der Waals surface area contributed by atoms with Gasteiger partial charge in [-0.2, -0.15) is 0 Å². The second kappa shape index (κ2) is 10.0. The second-order valence-electron chi connectivity index (χ2n) is 6.99. The number of allylic oxidation sites excluding steroid dienone is 3. The Morgan fingerprint density at radius 2 is 1.96 bits per heavy atom. The van der Waals surface area contributed by atoms with Crippen LogP contribution < -0.4 is 0 Å². The van der Waals surface area contributed by atoms with Gasteiger partial charge in [0.05, 0.1) is 0 Å². The van der Waals surface area contributed by atoms with Gasteiger partial charge in [-0.1, -0.05) is 50.3 Å². The Labute approximate surface area is 151 Å². The number of likely N-dealkylation sites (N-methyl/N-ethyl adjacent to an activating group) is 1. The molecule has 1 aliphatic carbocycles. The fraction of sp³-hybridized carbons (Fsp3) is 0.545. The topological polar surface area (TPSA) is 3.24 Å². The van der Waals surface area contributed by atoms with Gasteiger partial charge < -0.3 is 4.90 Å². The number of hydrogen-bond acceptors (Lipinski definition) is 1. The van der Waals surface area contributed by atoms with E-state index < -0.39 is 0 Å². The first-order valence-corrected chi connectivity index (χ1v) is 10.4. The molecule has 0 amide bonds. The van der Waals surface area contributed by atoms with Crippen LogP contribution in [0.2, 0.25) is 0 Å². The fourth-order valence-electron chi connectivity index (χ4n) is 3.45. The lowest BCUT2D eigenvalue weighted by Crippen LogP contribution is -2.21. The quantitative estimate of drug-likeness (QED) is 0.513. The monoisotopic (exact) mass is 343 g/mol. The molecule has 24 heavy (non-hydrogen) atoms. The Morgan fingerprint density at radius 3 is 2.50 bits per heavy atom. The lowest BCUT2D eigenvalue weighted by atomic mass is 9.92. The van der Waals surface area contributed by atoms with Gasteiger partial charge in [0, 0.05) is 19.3 Å². The molecular formula is C22H34NP. The normalized spacial score (nSPS) is 18.3. The molecule has 0 bridgehead atoms. The zero-order valence-electron chi connectivity index (χ0n) is 15.7. The van der Waals surface area contributed by atoms with Crippen LogP contribution in [0.1, 0.15) is 56.6 Å². The lowest BCUT2D eigenvalue weighted by molar-refractivity contribution is 0.390. The van der Waals surface area contributed by atoms with Crippen LogP contribution in [-0.2, 0) is 6.42 Å². The van der Waals surface area contributed by atoms with E-state index in [9.17, 15) is 0 Å². The highest BCUT2D eigenvalue weighted by Crippen LogP contribution is 2.26. The minimum Gasteiger partial charge on any atom is -0.375 e. The average Bonchev–Trinajstić information content (AvgIpc) is 2.63. The van der Waals surface area contributed by atoms with Crippen LogP contribution in [-0.4, -0.2) is 24.7 Å². The molecule has 0 heterocycles. The van der Waals surface area contributed by atoms with Gasteiger partial charge in [-0.3, -0.25) is 0 Å². The second-order valence-corrected chi connectivity index (χ2v) is 7.57. The molecule has 1 aliphatic rings. The Morgan fingerprint density at radius 1 is 1.21 bits per heavy atom. The van der Waals surface area contributed by atoms with Gasteiger partial charge in [-0.05, 0) is 67.3 Å². The Kier molecular flexibility index (Phi) is 8.06. The van der Waals surface area contributed by atoms with Gasteiger partial charge in [0.2, 0.25) is 0 Å². The van der Waals surface area contributed by atoms with Crippen molar-refractivity contribution in [2.75, 3.05) is 19.8 Å². The summed E-state index contributed by atoms with van der Waals surface area (Å²) in [6.07, 6.45) is 14.3. The third-order valence-electron chi connectivity index (χ3n) is 5.32. The molecule has 1 aromatic carbocycles. The number of rotatable bonds is 9. The number of hydrogen-bond donors (Lipinski definition) is 0. The molecule has 0 saturated carbocycles. The van der Waals surface area contributed by atoms with Gasteiger partial charge >= 0.3 is 0 Å². The summed E-state index contributed by atoms with van der Waals surface area (Å²) in [7, 11) is 5.04. The Bertz CT molecular complexity index is 544. The molecule has 0 fully saturated rings. The average molecular weight is 343 g/mol. The maximum absolute atomic E-state index is 2.81. The van der Waals surface area contributed by atoms with Crippen LogP contribution in [0.4, 0.5) is 0 Å². The van der Waals surface area contributed by atoms with Crippen molar-refractivity contribution in [1.29, 1.82) is 0 Å². The van der Waals surface area contributed by atoms with Crippen LogP contribution in [0.25, 0.3) is 0 Å². The van der Waals surface area contributed by atoms with E-state index in [-0.39, 0.29) is 0 Å². The van der Waals surface area contributed by atoms with Crippen molar-refractivity contribution >= 4 is 9.24 Å². The van der Waals surface area contributed by atoms with E-state index in [0.29, 0.717) is 5.92 Å². The highest BCUT2D eigenvalue weighted by Gasteiger charge is 2.13. The number of aryl methyl sites for hydroxylation is 1. The summed E-state index contributed by atoms with van der Waals surface area (Å²) < 4.78 is 0. The van der Waals surface area contributed by atoms with E-state index in [1.165, 1.54) is 42.5 Å². The summed E-state index contributed by atoms with van der Waals surface area (Å²) in [5, 5.41) is 0. The largest absolute Gasteiger partial charge is 0.375 e. The van der Waals surface area contributed by atoms with Crippen molar-refractivity contribution in [3.05, 3.63) is 59.3 Å². The standard InChI is InChI=1S/C22H34NP/c1-4-18-8-12-22(13-9-18)23(3)16-14-20(5-2)21-10-6-19(7-11-21)15-17-24/h6-8,10-13,18,20H,4-5,9,14-17,24H2,1-3H3. The molecule has 0 aromatic heterocycles. The van der Waals surface area contributed by atoms with Crippen molar-refractivity contribution < 1.29 is 0 Å². The summed E-state index contributed by atoms with van der Waals surface area (Å²) in [6, 6.07) is 9.30. The molecule has 0 spiro atoms. The molecule has 2 rings (SSSR count). The predicted octanol–water partition coefficient (Wildman–Crippen LogP) is 5.79. The minimum atomic E-state index is 0.661. The summed E-state index contributed by atoms with van der Waals surface area (Å²) in [5.74, 6) is 1.40. The van der Waals surface area contributed by atoms with E-state index in [0.717, 1.165) is 25.0 Å². The minimum absolute atomic E-state index is 0.661. The van der Waals surface area contributed by atoms with Crippen molar-refractivity contribution in [1.82, 2.24) is 4.90 Å². The lowest BCUT2D eigenvalue weighted by Gasteiger charge is -2.26. The van der Waals surface area contributed by atoms with Crippen LogP contribution in [0.3, 0.4) is 0 Å². The van der Waals surface area contributed by atoms with Crippen LogP contribution in [0.15, 0.2) is 48.2 Å². The highest BCUT2D eigenvalue weighted by atomic mass is 31.0. The predicted molar refractivity (Wildman–Crippen MR) is 111 cm³/mol. The molecule has 0 N–H and O–H groups in total. The van der Waals surface area contributed by atoms with Gasteiger partial charge in [0.15, 0.2) is 0 Å². The molecule has 3 atom stereocenters. The van der Waals surface area contributed by atoms with E-state index >= 15 is 0 Å². The fourth-order valence-corrected chi connectivity index (χ4v) is 3.78. The summed E-state index contributed by atoms with van der Waals surface area (Å²) in [6.45, 7) is 5.71. The molecular weight excluding hydrogens is 309 g/mol. The third kappa shape index (κ3) is 5.49. The van der Waals surface area contributed by atoms with Crippen LogP contribution in [0, 0.1) is 5.92 Å². The van der Waals surface area contributed by atoms with Crippen molar-refractivity contribution in [2.45, 2.75) is 51.9 Å². The maximum Gasteiger partial charge on any atom is 0.0320 e. The maximum atomic E-state index is 2.81. The van der Waals surface area contributed by atoms with Crippen molar-refractivity contribution in [2.24, 2.45) is 5.92 Å². The summed E-state index contributed by atoms with van der Waals surface area (Å²) in [5.41, 5.74) is 4.34. The van der Waals surface area contributed by atoms with Crippen molar-refractivity contribution in [3.63, 3.8) is 0 Å². The van der Waals surface area contributed by atoms with E-state index in [2.05, 4.69) is 77.5 Å². The third-order valence-corrected chi connectivity index (χ3v) is 5.61. The zero-order valence-corrected chi connectivity index (χ0v) is 16.8. The van der Waals surface area contributed by atoms with Crippen LogP contribution in [0.5, 0.6) is 0 Å². The highest BCUT2D eigenvalue weighted by molar-refractivity contribution is 7.16. The molecule has 1 aromatic rings. The first kappa shape index (κ1) is 19.3. The molecule has 0 saturated heterocycles. The molecule has 3 unspecified atom stereocenters. The smallest absolute Gasteiger partial charge is 0.0320 e. The van der Waals surface area contributed by atoms with Crippen molar-refractivity contribution in [3.8, 4) is 0 Å². The molecule has 0 radical (unpaired) electrons. The first-order valence-electron chi connectivity index (χ1n) is 9.56. The van der Waals surface area contributed by atoms with Gasteiger partial charge in [0.1, 0.15) is 0 Å². The number of nitrogens with zero attached hydrogens (tertiary/aromatic N) is 1. The van der Waals surface area contributed by atoms with E-state index in [1.54, 1.807) is 0 Å². The SMILES string of the molecule is CCC1C=CC(N(C)CCC(CC)c2ccc(CCP)cc2)=CC1. The van der Waals surface area contributed by atoms with Crippen LogP contribution >= 0.6 is 9.24 Å². The summed E-state index contributed by atoms with van der Waals surface area (Å²) >= 11 is 0. The van der Waals surface area contributed by atoms with Gasteiger partial charge in [0.25, 0.3) is 0 Å². The van der Waals surface area contributed by atoms with E-state index in [4.69, 9.17) is 0 Å². The number of benzene rings is 1. The summed E-state index contributed by atoms with van der Waals surface area (Å²) in [4.78, 5) is 2.42. The molecule has 0 aliphatic heterocycles.